The van der Waals surface area contributed by atoms with Gasteiger partial charge in [-0.15, -0.1) is 0 Å². The number of ether oxygens (including phenoxy) is 1. The van der Waals surface area contributed by atoms with Crippen molar-refractivity contribution >= 4 is 17.5 Å². The molecule has 0 unspecified atom stereocenters. The molecule has 30 heavy (non-hydrogen) atoms. The molecule has 0 saturated carbocycles. The lowest BCUT2D eigenvalue weighted by Crippen LogP contribution is -2.18. The van der Waals surface area contributed by atoms with Crippen LogP contribution in [0.3, 0.4) is 0 Å². The number of aromatic amines is 1. The van der Waals surface area contributed by atoms with Crippen LogP contribution < -0.4 is 15.4 Å². The predicted molar refractivity (Wildman–Crippen MR) is 108 cm³/mol. The molecule has 4 rings (SSSR count). The highest BCUT2D eigenvalue weighted by atomic mass is 16.5. The van der Waals surface area contributed by atoms with Crippen molar-refractivity contribution in [3.05, 3.63) is 78.6 Å². The van der Waals surface area contributed by atoms with E-state index in [0.717, 1.165) is 5.56 Å². The summed E-state index contributed by atoms with van der Waals surface area (Å²) < 4.78 is 10.9. The minimum absolute atomic E-state index is 0.242. The van der Waals surface area contributed by atoms with Gasteiger partial charge in [-0.05, 0) is 24.3 Å². The number of carbonyl (C=O) groups is 2. The predicted octanol–water partition coefficient (Wildman–Crippen LogP) is 3.47. The van der Waals surface area contributed by atoms with Gasteiger partial charge in [0.2, 0.25) is 0 Å². The van der Waals surface area contributed by atoms with Gasteiger partial charge >= 0.3 is 0 Å². The Hall–Kier alpha value is -4.40. The van der Waals surface area contributed by atoms with Crippen LogP contribution in [0.25, 0.3) is 11.3 Å². The Balaban J connectivity index is 1.50. The number of nitrogens with zero attached hydrogens (tertiary/aromatic N) is 2. The first-order chi connectivity index (χ1) is 14.6. The zero-order valence-electron chi connectivity index (χ0n) is 15.9. The topological polar surface area (TPSA) is 122 Å². The van der Waals surface area contributed by atoms with Gasteiger partial charge in [0.25, 0.3) is 11.8 Å². The van der Waals surface area contributed by atoms with Crippen LogP contribution >= 0.6 is 0 Å². The Morgan fingerprint density at radius 1 is 1.10 bits per heavy atom. The fraction of sp³-hybridized carbons (Fsp3) is 0.0476. The van der Waals surface area contributed by atoms with E-state index >= 15 is 0 Å². The van der Waals surface area contributed by atoms with E-state index in [1.165, 1.54) is 38.0 Å². The number of aromatic nitrogens is 3. The van der Waals surface area contributed by atoms with Gasteiger partial charge in [-0.1, -0.05) is 6.07 Å². The first-order valence-corrected chi connectivity index (χ1v) is 8.97. The summed E-state index contributed by atoms with van der Waals surface area (Å²) >= 11 is 0. The Labute approximate surface area is 171 Å². The Morgan fingerprint density at radius 2 is 1.97 bits per heavy atom. The molecule has 0 aliphatic heterocycles. The molecule has 0 fully saturated rings. The van der Waals surface area contributed by atoms with Gasteiger partial charge in [0, 0.05) is 36.6 Å². The number of H-pyrrole nitrogens is 1. The molecule has 0 aliphatic rings. The number of carbonyl (C=O) groups excluding carboxylic acids is 2. The largest absolute Gasteiger partial charge is 0.472 e. The first kappa shape index (κ1) is 18.9. The van der Waals surface area contributed by atoms with Crippen LogP contribution in [0.4, 0.5) is 5.69 Å². The number of anilines is 1. The van der Waals surface area contributed by atoms with Crippen molar-refractivity contribution in [3.63, 3.8) is 0 Å². The third-order valence-electron chi connectivity index (χ3n) is 4.21. The summed E-state index contributed by atoms with van der Waals surface area (Å²) in [6, 6.07) is 11.8. The monoisotopic (exact) mass is 403 g/mol. The summed E-state index contributed by atoms with van der Waals surface area (Å²) in [6.07, 6.45) is 5.99. The summed E-state index contributed by atoms with van der Waals surface area (Å²) in [6.45, 7) is 0. The van der Waals surface area contributed by atoms with Gasteiger partial charge in [0.1, 0.15) is 17.2 Å². The molecule has 0 radical (unpaired) electrons. The van der Waals surface area contributed by atoms with Crippen molar-refractivity contribution < 1.29 is 18.7 Å². The molecule has 150 valence electrons. The maximum Gasteiger partial charge on any atom is 0.269 e. The van der Waals surface area contributed by atoms with E-state index in [1.54, 1.807) is 36.4 Å². The molecular formula is C21H17N5O4. The highest BCUT2D eigenvalue weighted by Gasteiger charge is 2.16. The second kappa shape index (κ2) is 8.31. The quantitative estimate of drug-likeness (QED) is 0.453. The third-order valence-corrected chi connectivity index (χ3v) is 4.21. The third kappa shape index (κ3) is 4.04. The summed E-state index contributed by atoms with van der Waals surface area (Å²) in [4.78, 5) is 28.4. The number of hydrogen-bond acceptors (Lipinski definition) is 6. The molecule has 0 saturated heterocycles. The molecule has 9 heteroatoms. The second-order valence-electron chi connectivity index (χ2n) is 6.21. The van der Waals surface area contributed by atoms with Crippen LogP contribution in [0.5, 0.6) is 11.5 Å². The van der Waals surface area contributed by atoms with Crippen LogP contribution in [-0.2, 0) is 0 Å². The van der Waals surface area contributed by atoms with Gasteiger partial charge in [-0.25, -0.2) is 0 Å². The van der Waals surface area contributed by atoms with E-state index in [0.29, 0.717) is 28.4 Å². The highest BCUT2D eigenvalue weighted by molar-refractivity contribution is 6.08. The number of benzene rings is 1. The fourth-order valence-electron chi connectivity index (χ4n) is 2.78. The van der Waals surface area contributed by atoms with Crippen molar-refractivity contribution in [1.82, 2.24) is 20.5 Å². The zero-order chi connectivity index (χ0) is 20.9. The number of furan rings is 1. The fourth-order valence-corrected chi connectivity index (χ4v) is 2.78. The number of hydrogen-bond donors (Lipinski definition) is 3. The van der Waals surface area contributed by atoms with Crippen molar-refractivity contribution in [2.24, 2.45) is 0 Å². The number of nitrogens with one attached hydrogen (secondary N) is 3. The van der Waals surface area contributed by atoms with Gasteiger partial charge < -0.3 is 19.8 Å². The van der Waals surface area contributed by atoms with Crippen molar-refractivity contribution in [3.8, 4) is 22.8 Å². The smallest absolute Gasteiger partial charge is 0.269 e. The lowest BCUT2D eigenvalue weighted by atomic mass is 10.1. The second-order valence-corrected chi connectivity index (χ2v) is 6.21. The molecule has 1 aromatic carbocycles. The minimum atomic E-state index is -0.331. The summed E-state index contributed by atoms with van der Waals surface area (Å²) in [5.41, 5.74) is 2.45. The molecule has 0 aliphatic carbocycles. The molecule has 0 spiro atoms. The van der Waals surface area contributed by atoms with E-state index in [-0.39, 0.29) is 17.5 Å². The standard InChI is InChI=1S/C21H17N5O4/c1-22-21(28)18-10-16(5-7-23-18)30-15-4-2-3-14(9-15)25-20(27)17-11-24-26-19(17)13-6-8-29-12-13/h2-12H,1H3,(H,22,28)(H,24,26)(H,25,27). The molecule has 4 aromatic rings. The number of pyridine rings is 1. The zero-order valence-corrected chi connectivity index (χ0v) is 15.9. The molecule has 9 nitrogen and oxygen atoms in total. The average molecular weight is 403 g/mol. The summed E-state index contributed by atoms with van der Waals surface area (Å²) in [5, 5.41) is 12.1. The van der Waals surface area contributed by atoms with E-state index in [1.807, 2.05) is 0 Å². The molecule has 3 N–H and O–H groups in total. The van der Waals surface area contributed by atoms with Crippen molar-refractivity contribution in [1.29, 1.82) is 0 Å². The van der Waals surface area contributed by atoms with E-state index in [2.05, 4.69) is 25.8 Å². The van der Waals surface area contributed by atoms with E-state index in [9.17, 15) is 9.59 Å². The van der Waals surface area contributed by atoms with Gasteiger partial charge in [0.05, 0.1) is 30.0 Å². The number of rotatable bonds is 6. The molecule has 3 aromatic heterocycles. The van der Waals surface area contributed by atoms with Gasteiger partial charge in [-0.2, -0.15) is 5.10 Å². The Bertz CT molecular complexity index is 1180. The lowest BCUT2D eigenvalue weighted by Gasteiger charge is -2.09. The summed E-state index contributed by atoms with van der Waals surface area (Å²) in [5.74, 6) is 0.297. The van der Waals surface area contributed by atoms with Crippen LogP contribution in [-0.4, -0.2) is 34.0 Å². The van der Waals surface area contributed by atoms with E-state index in [4.69, 9.17) is 9.15 Å². The Kier molecular flexibility index (Phi) is 5.25. The molecule has 0 atom stereocenters. The SMILES string of the molecule is CNC(=O)c1cc(Oc2cccc(NC(=O)c3cn[nH]c3-c3ccoc3)c2)ccn1. The molecule has 0 bridgehead atoms. The van der Waals surface area contributed by atoms with Crippen LogP contribution in [0, 0.1) is 0 Å². The summed E-state index contributed by atoms with van der Waals surface area (Å²) in [7, 11) is 1.53. The van der Waals surface area contributed by atoms with Crippen molar-refractivity contribution in [2.75, 3.05) is 12.4 Å². The normalized spacial score (nSPS) is 10.4. The molecule has 3 heterocycles. The Morgan fingerprint density at radius 3 is 2.77 bits per heavy atom. The van der Waals surface area contributed by atoms with Crippen LogP contribution in [0.15, 0.2) is 71.8 Å². The molecule has 2 amide bonds. The van der Waals surface area contributed by atoms with Crippen LogP contribution in [0.2, 0.25) is 0 Å². The van der Waals surface area contributed by atoms with Gasteiger partial charge in [0.15, 0.2) is 0 Å². The minimum Gasteiger partial charge on any atom is -0.472 e. The average Bonchev–Trinajstić information content (AvgIpc) is 3.45. The maximum absolute atomic E-state index is 12.7. The lowest BCUT2D eigenvalue weighted by molar-refractivity contribution is 0.0957. The number of amides is 2. The van der Waals surface area contributed by atoms with E-state index < -0.39 is 0 Å². The van der Waals surface area contributed by atoms with Gasteiger partial charge in [-0.3, -0.25) is 19.7 Å². The van der Waals surface area contributed by atoms with Crippen LogP contribution in [0.1, 0.15) is 20.8 Å². The van der Waals surface area contributed by atoms with Crippen molar-refractivity contribution in [2.45, 2.75) is 0 Å². The highest BCUT2D eigenvalue weighted by Crippen LogP contribution is 2.26. The first-order valence-electron chi connectivity index (χ1n) is 8.97. The maximum atomic E-state index is 12.7. The molecular weight excluding hydrogens is 386 g/mol.